The molecule has 0 unspecified atom stereocenters. The SMILES string of the molecule is O=C(Nc1ccc(Br)cc1Cl)c1ccncc1O. The van der Waals surface area contributed by atoms with Crippen LogP contribution in [0.3, 0.4) is 0 Å². The predicted octanol–water partition coefficient (Wildman–Crippen LogP) is 3.46. The van der Waals surface area contributed by atoms with E-state index in [2.05, 4.69) is 26.2 Å². The number of amides is 1. The summed E-state index contributed by atoms with van der Waals surface area (Å²) >= 11 is 9.25. The van der Waals surface area contributed by atoms with Gasteiger partial charge in [0.15, 0.2) is 0 Å². The van der Waals surface area contributed by atoms with Crippen molar-refractivity contribution in [3.05, 3.63) is 51.7 Å². The van der Waals surface area contributed by atoms with Crippen molar-refractivity contribution in [3.8, 4) is 5.75 Å². The second kappa shape index (κ2) is 5.37. The molecule has 0 aliphatic rings. The molecule has 1 heterocycles. The quantitative estimate of drug-likeness (QED) is 0.888. The normalized spacial score (nSPS) is 10.1. The van der Waals surface area contributed by atoms with Gasteiger partial charge in [-0.2, -0.15) is 0 Å². The summed E-state index contributed by atoms with van der Waals surface area (Å²) in [6.07, 6.45) is 2.63. The van der Waals surface area contributed by atoms with Gasteiger partial charge in [0.1, 0.15) is 5.75 Å². The summed E-state index contributed by atoms with van der Waals surface area (Å²) in [6.45, 7) is 0. The van der Waals surface area contributed by atoms with Crippen LogP contribution in [0, 0.1) is 0 Å². The summed E-state index contributed by atoms with van der Waals surface area (Å²) in [7, 11) is 0. The van der Waals surface area contributed by atoms with Crippen molar-refractivity contribution < 1.29 is 9.90 Å². The number of rotatable bonds is 2. The van der Waals surface area contributed by atoms with Crippen LogP contribution in [0.15, 0.2) is 41.1 Å². The lowest BCUT2D eigenvalue weighted by Gasteiger charge is -2.08. The van der Waals surface area contributed by atoms with Gasteiger partial charge in [-0.15, -0.1) is 0 Å². The highest BCUT2D eigenvalue weighted by Crippen LogP contribution is 2.26. The molecule has 4 nitrogen and oxygen atoms in total. The molecule has 0 fully saturated rings. The number of halogens is 2. The number of hydrogen-bond acceptors (Lipinski definition) is 3. The maximum atomic E-state index is 11.9. The van der Waals surface area contributed by atoms with Gasteiger partial charge in [0.25, 0.3) is 5.91 Å². The van der Waals surface area contributed by atoms with E-state index in [1.807, 2.05) is 0 Å². The minimum absolute atomic E-state index is 0.143. The number of aromatic nitrogens is 1. The zero-order chi connectivity index (χ0) is 13.1. The van der Waals surface area contributed by atoms with Crippen LogP contribution in [-0.4, -0.2) is 16.0 Å². The van der Waals surface area contributed by atoms with E-state index in [9.17, 15) is 9.90 Å². The Balaban J connectivity index is 2.24. The summed E-state index contributed by atoms with van der Waals surface area (Å²) in [6, 6.07) is 6.53. The number of carbonyl (C=O) groups is 1. The van der Waals surface area contributed by atoms with Gasteiger partial charge in [-0.3, -0.25) is 9.78 Å². The number of pyridine rings is 1. The molecule has 0 bridgehead atoms. The zero-order valence-electron chi connectivity index (χ0n) is 9.02. The number of aromatic hydroxyl groups is 1. The molecule has 2 rings (SSSR count). The van der Waals surface area contributed by atoms with E-state index < -0.39 is 5.91 Å². The predicted molar refractivity (Wildman–Crippen MR) is 73.0 cm³/mol. The van der Waals surface area contributed by atoms with E-state index >= 15 is 0 Å². The van der Waals surface area contributed by atoms with E-state index in [0.29, 0.717) is 10.7 Å². The Morgan fingerprint density at radius 3 is 2.83 bits per heavy atom. The molecule has 0 spiro atoms. The molecule has 0 aliphatic carbocycles. The fourth-order valence-corrected chi connectivity index (χ4v) is 2.08. The van der Waals surface area contributed by atoms with E-state index in [0.717, 1.165) is 4.47 Å². The van der Waals surface area contributed by atoms with Crippen molar-refractivity contribution in [3.63, 3.8) is 0 Å². The van der Waals surface area contributed by atoms with Crippen molar-refractivity contribution in [2.24, 2.45) is 0 Å². The third kappa shape index (κ3) is 2.80. The smallest absolute Gasteiger partial charge is 0.259 e. The molecule has 1 aromatic heterocycles. The maximum absolute atomic E-state index is 11.9. The molecule has 92 valence electrons. The average molecular weight is 328 g/mol. The minimum Gasteiger partial charge on any atom is -0.505 e. The molecule has 0 atom stereocenters. The molecule has 1 aromatic carbocycles. The van der Waals surface area contributed by atoms with Crippen molar-refractivity contribution in [1.29, 1.82) is 0 Å². The lowest BCUT2D eigenvalue weighted by molar-refractivity contribution is 0.102. The first-order valence-electron chi connectivity index (χ1n) is 4.97. The van der Waals surface area contributed by atoms with Crippen LogP contribution < -0.4 is 5.32 Å². The summed E-state index contributed by atoms with van der Waals surface area (Å²) in [5, 5.41) is 12.5. The number of benzene rings is 1. The number of carbonyl (C=O) groups excluding carboxylic acids is 1. The van der Waals surface area contributed by atoms with Crippen LogP contribution in [0.2, 0.25) is 5.02 Å². The third-order valence-electron chi connectivity index (χ3n) is 2.22. The summed E-state index contributed by atoms with van der Waals surface area (Å²) in [4.78, 5) is 15.6. The van der Waals surface area contributed by atoms with Crippen LogP contribution >= 0.6 is 27.5 Å². The van der Waals surface area contributed by atoms with Crippen molar-refractivity contribution in [2.75, 3.05) is 5.32 Å². The van der Waals surface area contributed by atoms with Crippen LogP contribution in [0.25, 0.3) is 0 Å². The number of anilines is 1. The standard InChI is InChI=1S/C12H8BrClN2O2/c13-7-1-2-10(9(14)5-7)16-12(18)8-3-4-15-6-11(8)17/h1-6,17H,(H,16,18). The Morgan fingerprint density at radius 1 is 1.39 bits per heavy atom. The molecule has 0 aliphatic heterocycles. The number of nitrogens with zero attached hydrogens (tertiary/aromatic N) is 1. The Morgan fingerprint density at radius 2 is 2.17 bits per heavy atom. The van der Waals surface area contributed by atoms with Gasteiger partial charge >= 0.3 is 0 Å². The Bertz CT molecular complexity index is 604. The molecule has 2 aromatic rings. The van der Waals surface area contributed by atoms with E-state index in [1.54, 1.807) is 18.2 Å². The molecule has 0 radical (unpaired) electrons. The zero-order valence-corrected chi connectivity index (χ0v) is 11.4. The van der Waals surface area contributed by atoms with Crippen molar-refractivity contribution >= 4 is 39.1 Å². The van der Waals surface area contributed by atoms with Gasteiger partial charge in [-0.25, -0.2) is 0 Å². The molecular formula is C12H8BrClN2O2. The maximum Gasteiger partial charge on any atom is 0.259 e. The molecule has 0 saturated heterocycles. The number of nitrogens with one attached hydrogen (secondary N) is 1. The summed E-state index contributed by atoms with van der Waals surface area (Å²) < 4.78 is 0.817. The van der Waals surface area contributed by atoms with Crippen LogP contribution in [0.1, 0.15) is 10.4 Å². The average Bonchev–Trinajstić information content (AvgIpc) is 2.33. The lowest BCUT2D eigenvalue weighted by Crippen LogP contribution is -2.12. The third-order valence-corrected chi connectivity index (χ3v) is 3.03. The van der Waals surface area contributed by atoms with Gasteiger partial charge in [-0.1, -0.05) is 27.5 Å². The van der Waals surface area contributed by atoms with Crippen LogP contribution in [0.5, 0.6) is 5.75 Å². The molecule has 2 N–H and O–H groups in total. The minimum atomic E-state index is -0.445. The van der Waals surface area contributed by atoms with Crippen molar-refractivity contribution in [1.82, 2.24) is 4.98 Å². The Labute approximate surface area is 117 Å². The monoisotopic (exact) mass is 326 g/mol. The summed E-state index contributed by atoms with van der Waals surface area (Å²) in [5.74, 6) is -0.623. The fraction of sp³-hybridized carbons (Fsp3) is 0. The van der Waals surface area contributed by atoms with Gasteiger partial charge < -0.3 is 10.4 Å². The first-order valence-corrected chi connectivity index (χ1v) is 6.14. The van der Waals surface area contributed by atoms with Crippen LogP contribution in [-0.2, 0) is 0 Å². The first-order chi connectivity index (χ1) is 8.58. The highest BCUT2D eigenvalue weighted by Gasteiger charge is 2.12. The van der Waals surface area contributed by atoms with E-state index in [-0.39, 0.29) is 11.3 Å². The van der Waals surface area contributed by atoms with Crippen LogP contribution in [0.4, 0.5) is 5.69 Å². The summed E-state index contributed by atoms with van der Waals surface area (Å²) in [5.41, 5.74) is 0.616. The van der Waals surface area contributed by atoms with Gasteiger partial charge in [0.05, 0.1) is 22.5 Å². The highest BCUT2D eigenvalue weighted by atomic mass is 79.9. The van der Waals surface area contributed by atoms with Gasteiger partial charge in [-0.05, 0) is 24.3 Å². The Kier molecular flexibility index (Phi) is 3.84. The van der Waals surface area contributed by atoms with E-state index in [4.69, 9.17) is 11.6 Å². The van der Waals surface area contributed by atoms with Crippen molar-refractivity contribution in [2.45, 2.75) is 0 Å². The largest absolute Gasteiger partial charge is 0.505 e. The molecule has 18 heavy (non-hydrogen) atoms. The lowest BCUT2D eigenvalue weighted by atomic mass is 10.2. The van der Waals surface area contributed by atoms with E-state index in [1.165, 1.54) is 18.5 Å². The topological polar surface area (TPSA) is 62.2 Å². The number of hydrogen-bond donors (Lipinski definition) is 2. The first kappa shape index (κ1) is 12.9. The second-order valence-electron chi connectivity index (χ2n) is 3.47. The molecular weight excluding hydrogens is 320 g/mol. The highest BCUT2D eigenvalue weighted by molar-refractivity contribution is 9.10. The van der Waals surface area contributed by atoms with Gasteiger partial charge in [0.2, 0.25) is 0 Å². The second-order valence-corrected chi connectivity index (χ2v) is 4.79. The molecule has 6 heteroatoms. The van der Waals surface area contributed by atoms with Gasteiger partial charge in [0, 0.05) is 10.7 Å². The fourth-order valence-electron chi connectivity index (χ4n) is 1.36. The molecule has 1 amide bonds. The molecule has 0 saturated carbocycles. The Hall–Kier alpha value is -1.59.